The molecule has 1 aliphatic rings. The highest BCUT2D eigenvalue weighted by molar-refractivity contribution is 7.07. The van der Waals surface area contributed by atoms with Crippen LogP contribution in [0.15, 0.2) is 64.0 Å². The van der Waals surface area contributed by atoms with E-state index in [0.29, 0.717) is 11.4 Å². The number of aromatic nitrogens is 1. The molecule has 7 heteroatoms. The number of anilines is 1. The van der Waals surface area contributed by atoms with E-state index in [-0.39, 0.29) is 12.5 Å². The van der Waals surface area contributed by atoms with Crippen molar-refractivity contribution in [1.29, 1.82) is 0 Å². The highest BCUT2D eigenvalue weighted by Crippen LogP contribution is 2.32. The molecule has 3 aromatic rings. The van der Waals surface area contributed by atoms with Crippen molar-refractivity contribution in [3.05, 3.63) is 64.3 Å². The van der Waals surface area contributed by atoms with Crippen molar-refractivity contribution < 1.29 is 9.53 Å². The van der Waals surface area contributed by atoms with E-state index in [1.807, 2.05) is 53.9 Å². The lowest BCUT2D eigenvalue weighted by molar-refractivity contribution is -0.118. The largest absolute Gasteiger partial charge is 0.482 e. The van der Waals surface area contributed by atoms with Crippen LogP contribution in [0.3, 0.4) is 0 Å². The third-order valence-electron chi connectivity index (χ3n) is 3.91. The smallest absolute Gasteiger partial charge is 0.262 e. The molecule has 0 unspecified atom stereocenters. The fraction of sp³-hybridized carbons (Fsp3) is 0.105. The second kappa shape index (κ2) is 6.97. The first-order valence-corrected chi connectivity index (χ1v) is 8.92. The number of fused-ring (bicyclic) bond motifs is 1. The molecule has 1 amide bonds. The molecule has 130 valence electrons. The molecule has 1 aromatic heterocycles. The minimum absolute atomic E-state index is 0.0467. The molecule has 1 aliphatic heterocycles. The number of nitrogens with zero attached hydrogens (tertiary/aromatic N) is 3. The maximum absolute atomic E-state index is 11.6. The molecule has 4 rings (SSSR count). The van der Waals surface area contributed by atoms with Crippen LogP contribution < -0.4 is 14.9 Å². The predicted molar refractivity (Wildman–Crippen MR) is 103 cm³/mol. The van der Waals surface area contributed by atoms with Crippen LogP contribution in [-0.4, -0.2) is 30.5 Å². The van der Waals surface area contributed by atoms with Gasteiger partial charge in [-0.25, -0.2) is 4.68 Å². The second-order valence-electron chi connectivity index (χ2n) is 5.64. The zero-order chi connectivity index (χ0) is 17.9. The number of thiazole rings is 1. The molecule has 0 bridgehead atoms. The van der Waals surface area contributed by atoms with Crippen LogP contribution in [0.1, 0.15) is 5.56 Å². The Morgan fingerprint density at radius 3 is 2.88 bits per heavy atom. The van der Waals surface area contributed by atoms with Crippen molar-refractivity contribution in [3.8, 4) is 17.0 Å². The van der Waals surface area contributed by atoms with Gasteiger partial charge in [0.15, 0.2) is 6.61 Å². The van der Waals surface area contributed by atoms with E-state index in [0.717, 1.165) is 21.6 Å². The minimum Gasteiger partial charge on any atom is -0.482 e. The molecule has 0 atom stereocenters. The van der Waals surface area contributed by atoms with Crippen LogP contribution in [0.25, 0.3) is 11.3 Å². The van der Waals surface area contributed by atoms with Crippen LogP contribution >= 0.6 is 11.3 Å². The first kappa shape index (κ1) is 16.3. The van der Waals surface area contributed by atoms with E-state index in [2.05, 4.69) is 15.4 Å². The Balaban J connectivity index is 1.76. The highest BCUT2D eigenvalue weighted by Gasteiger charge is 2.17. The van der Waals surface area contributed by atoms with Crippen LogP contribution in [0.5, 0.6) is 5.75 Å². The van der Waals surface area contributed by atoms with Gasteiger partial charge in [0.05, 0.1) is 17.6 Å². The maximum atomic E-state index is 11.6. The Bertz CT molecular complexity index is 1050. The van der Waals surface area contributed by atoms with Gasteiger partial charge in [-0.15, -0.1) is 11.3 Å². The van der Waals surface area contributed by atoms with E-state index < -0.39 is 0 Å². The SMILES string of the molecule is CN=c1scc(-c2ccc3c(c2)NC(=O)CO3)n1N=Cc1ccccc1. The first-order chi connectivity index (χ1) is 12.7. The summed E-state index contributed by atoms with van der Waals surface area (Å²) in [4.78, 5) is 16.7. The van der Waals surface area contributed by atoms with Gasteiger partial charge in [-0.3, -0.25) is 9.79 Å². The van der Waals surface area contributed by atoms with E-state index in [1.54, 1.807) is 17.9 Å². The lowest BCUT2D eigenvalue weighted by Crippen LogP contribution is -2.25. The third kappa shape index (κ3) is 3.16. The minimum atomic E-state index is -0.154. The number of benzene rings is 2. The molecule has 0 radical (unpaired) electrons. The van der Waals surface area contributed by atoms with Gasteiger partial charge in [0.25, 0.3) is 5.91 Å². The number of ether oxygens (including phenoxy) is 1. The number of carbonyl (C=O) groups excluding carboxylic acids is 1. The summed E-state index contributed by atoms with van der Waals surface area (Å²) in [7, 11) is 1.74. The number of amides is 1. The zero-order valence-corrected chi connectivity index (χ0v) is 14.9. The van der Waals surface area contributed by atoms with Crippen molar-refractivity contribution in [2.24, 2.45) is 10.1 Å². The Morgan fingerprint density at radius 1 is 1.23 bits per heavy atom. The molecule has 1 N–H and O–H groups in total. The van der Waals surface area contributed by atoms with Gasteiger partial charge in [-0.05, 0) is 23.8 Å². The average molecular weight is 364 g/mol. The van der Waals surface area contributed by atoms with E-state index >= 15 is 0 Å². The van der Waals surface area contributed by atoms with Crippen molar-refractivity contribution in [3.63, 3.8) is 0 Å². The van der Waals surface area contributed by atoms with E-state index in [9.17, 15) is 4.79 Å². The van der Waals surface area contributed by atoms with Crippen molar-refractivity contribution >= 4 is 29.1 Å². The molecule has 0 fully saturated rings. The van der Waals surface area contributed by atoms with Gasteiger partial charge in [-0.2, -0.15) is 5.10 Å². The number of nitrogens with one attached hydrogen (secondary N) is 1. The van der Waals surface area contributed by atoms with Crippen molar-refractivity contribution in [1.82, 2.24) is 4.68 Å². The van der Waals surface area contributed by atoms with Crippen LogP contribution in [0, 0.1) is 0 Å². The molecule has 26 heavy (non-hydrogen) atoms. The number of hydrogen-bond donors (Lipinski definition) is 1. The molecule has 0 saturated carbocycles. The molecular weight excluding hydrogens is 348 g/mol. The topological polar surface area (TPSA) is 68.0 Å². The fourth-order valence-corrected chi connectivity index (χ4v) is 3.47. The van der Waals surface area contributed by atoms with Gasteiger partial charge in [0.1, 0.15) is 5.75 Å². The van der Waals surface area contributed by atoms with Crippen molar-refractivity contribution in [2.45, 2.75) is 0 Å². The maximum Gasteiger partial charge on any atom is 0.262 e. The lowest BCUT2D eigenvalue weighted by atomic mass is 10.1. The quantitative estimate of drug-likeness (QED) is 0.726. The molecule has 2 heterocycles. The van der Waals surface area contributed by atoms with Crippen molar-refractivity contribution in [2.75, 3.05) is 19.0 Å². The van der Waals surface area contributed by atoms with Gasteiger partial charge >= 0.3 is 0 Å². The van der Waals surface area contributed by atoms with Gasteiger partial charge in [0.2, 0.25) is 4.80 Å². The Kier molecular flexibility index (Phi) is 4.37. The van der Waals surface area contributed by atoms with E-state index in [4.69, 9.17) is 4.74 Å². The summed E-state index contributed by atoms with van der Waals surface area (Å²) >= 11 is 1.51. The molecule has 6 nitrogen and oxygen atoms in total. The van der Waals surface area contributed by atoms with Crippen LogP contribution in [-0.2, 0) is 4.79 Å². The van der Waals surface area contributed by atoms with Crippen LogP contribution in [0.4, 0.5) is 5.69 Å². The Morgan fingerprint density at radius 2 is 2.08 bits per heavy atom. The average Bonchev–Trinajstić information content (AvgIpc) is 3.09. The molecule has 2 aromatic carbocycles. The monoisotopic (exact) mass is 364 g/mol. The first-order valence-electron chi connectivity index (χ1n) is 8.04. The third-order valence-corrected chi connectivity index (χ3v) is 4.81. The Labute approximate surface area is 154 Å². The summed E-state index contributed by atoms with van der Waals surface area (Å²) in [6.45, 7) is 0.0467. The summed E-state index contributed by atoms with van der Waals surface area (Å²) in [6, 6.07) is 15.6. The predicted octanol–water partition coefficient (Wildman–Crippen LogP) is 2.96. The van der Waals surface area contributed by atoms with Crippen LogP contribution in [0.2, 0.25) is 0 Å². The molecule has 0 saturated heterocycles. The zero-order valence-electron chi connectivity index (χ0n) is 14.0. The highest BCUT2D eigenvalue weighted by atomic mass is 32.1. The summed E-state index contributed by atoms with van der Waals surface area (Å²) in [5.74, 6) is 0.516. The molecule has 0 aliphatic carbocycles. The molecular formula is C19H16N4O2S. The number of carbonyl (C=O) groups is 1. The molecule has 0 spiro atoms. The fourth-order valence-electron chi connectivity index (χ4n) is 2.67. The summed E-state index contributed by atoms with van der Waals surface area (Å²) in [5, 5.41) is 9.43. The number of rotatable bonds is 3. The Hall–Kier alpha value is -3.19. The second-order valence-corrected chi connectivity index (χ2v) is 6.48. The summed E-state index contributed by atoms with van der Waals surface area (Å²) < 4.78 is 7.22. The van der Waals surface area contributed by atoms with Gasteiger partial charge in [-0.1, -0.05) is 30.3 Å². The van der Waals surface area contributed by atoms with Gasteiger partial charge in [0, 0.05) is 18.0 Å². The normalized spacial score (nSPS) is 14.2. The van der Waals surface area contributed by atoms with Gasteiger partial charge < -0.3 is 10.1 Å². The standard InChI is InChI=1S/C19H16N4O2S/c1-20-19-23(21-10-13-5-3-2-4-6-13)16(12-26-19)14-7-8-17-15(9-14)22-18(24)11-25-17/h2-10,12H,11H2,1H3,(H,22,24). The van der Waals surface area contributed by atoms with E-state index in [1.165, 1.54) is 11.3 Å². The number of hydrogen-bond acceptors (Lipinski definition) is 5. The lowest BCUT2D eigenvalue weighted by Gasteiger charge is -2.18. The summed E-state index contributed by atoms with van der Waals surface area (Å²) in [5.41, 5.74) is 3.49. The summed E-state index contributed by atoms with van der Waals surface area (Å²) in [6.07, 6.45) is 1.80.